The zero-order valence-electron chi connectivity index (χ0n) is 9.74. The largest absolute Gasteiger partial charge is 0.380 e. The quantitative estimate of drug-likeness (QED) is 0.870. The molecule has 1 aromatic carbocycles. The van der Waals surface area contributed by atoms with E-state index in [1.165, 1.54) is 23.3 Å². The lowest BCUT2D eigenvalue weighted by atomic mass is 10.2. The van der Waals surface area contributed by atoms with E-state index >= 15 is 0 Å². The lowest BCUT2D eigenvalue weighted by Gasteiger charge is -2.21. The van der Waals surface area contributed by atoms with Crippen molar-refractivity contribution < 1.29 is 4.74 Å². The van der Waals surface area contributed by atoms with Crippen LogP contribution in [0.25, 0.3) is 0 Å². The summed E-state index contributed by atoms with van der Waals surface area (Å²) in [5, 5.41) is 3.80. The van der Waals surface area contributed by atoms with Crippen molar-refractivity contribution in [2.45, 2.75) is 29.5 Å². The van der Waals surface area contributed by atoms with Crippen LogP contribution in [0.5, 0.6) is 0 Å². The number of ether oxygens (including phenoxy) is 1. The molecule has 1 unspecified atom stereocenters. The molecule has 88 valence electrons. The minimum atomic E-state index is 0.643. The van der Waals surface area contributed by atoms with Gasteiger partial charge in [-0.05, 0) is 37.6 Å². The standard InChI is InChI=1S/C13H19NOS/c1-14-9-11-4-6-12(7-5-11)16-13-3-2-8-15-10-13/h4-7,13-14H,2-3,8-10H2,1H3. The summed E-state index contributed by atoms with van der Waals surface area (Å²) in [6.07, 6.45) is 2.48. The van der Waals surface area contributed by atoms with Crippen LogP contribution in [0.2, 0.25) is 0 Å². The van der Waals surface area contributed by atoms with E-state index in [9.17, 15) is 0 Å². The first-order chi connectivity index (χ1) is 7.88. The first-order valence-electron chi connectivity index (χ1n) is 5.86. The van der Waals surface area contributed by atoms with E-state index in [4.69, 9.17) is 4.74 Å². The molecule has 2 nitrogen and oxygen atoms in total. The number of nitrogens with one attached hydrogen (secondary N) is 1. The van der Waals surface area contributed by atoms with Crippen molar-refractivity contribution in [1.82, 2.24) is 5.32 Å². The summed E-state index contributed by atoms with van der Waals surface area (Å²) >= 11 is 1.95. The van der Waals surface area contributed by atoms with Crippen LogP contribution >= 0.6 is 11.8 Å². The van der Waals surface area contributed by atoms with Crippen LogP contribution in [0.3, 0.4) is 0 Å². The molecular formula is C13H19NOS. The Balaban J connectivity index is 1.88. The first kappa shape index (κ1) is 12.0. The minimum absolute atomic E-state index is 0.643. The maximum atomic E-state index is 5.49. The van der Waals surface area contributed by atoms with Crippen LogP contribution in [0, 0.1) is 0 Å². The molecule has 1 heterocycles. The van der Waals surface area contributed by atoms with Gasteiger partial charge in [0.05, 0.1) is 6.61 Å². The Bertz CT molecular complexity index is 306. The zero-order chi connectivity index (χ0) is 11.2. The molecule has 0 bridgehead atoms. The number of hydrogen-bond donors (Lipinski definition) is 1. The predicted octanol–water partition coefficient (Wildman–Crippen LogP) is 2.68. The highest BCUT2D eigenvalue weighted by atomic mass is 32.2. The lowest BCUT2D eigenvalue weighted by molar-refractivity contribution is 0.101. The van der Waals surface area contributed by atoms with E-state index in [1.807, 2.05) is 18.8 Å². The molecule has 3 heteroatoms. The summed E-state index contributed by atoms with van der Waals surface area (Å²) in [7, 11) is 1.97. The van der Waals surface area contributed by atoms with Crippen molar-refractivity contribution >= 4 is 11.8 Å². The molecule has 0 radical (unpaired) electrons. The highest BCUT2D eigenvalue weighted by molar-refractivity contribution is 8.00. The van der Waals surface area contributed by atoms with Crippen molar-refractivity contribution in [1.29, 1.82) is 0 Å². The molecule has 0 saturated carbocycles. The normalized spacial score (nSPS) is 20.9. The third-order valence-corrected chi connectivity index (χ3v) is 3.97. The third-order valence-electron chi connectivity index (χ3n) is 2.73. The summed E-state index contributed by atoms with van der Waals surface area (Å²) in [6, 6.07) is 8.82. The fourth-order valence-corrected chi connectivity index (χ4v) is 3.01. The smallest absolute Gasteiger partial charge is 0.0588 e. The summed E-state index contributed by atoms with van der Waals surface area (Å²) in [5.41, 5.74) is 1.34. The topological polar surface area (TPSA) is 21.3 Å². The summed E-state index contributed by atoms with van der Waals surface area (Å²) < 4.78 is 5.49. The van der Waals surface area contributed by atoms with E-state index in [1.54, 1.807) is 0 Å². The molecule has 2 rings (SSSR count). The van der Waals surface area contributed by atoms with Gasteiger partial charge in [-0.15, -0.1) is 11.8 Å². The molecule has 1 aromatic rings. The average Bonchev–Trinajstić information content (AvgIpc) is 2.33. The second-order valence-corrected chi connectivity index (χ2v) is 5.51. The second-order valence-electron chi connectivity index (χ2n) is 4.13. The van der Waals surface area contributed by atoms with Gasteiger partial charge in [-0.25, -0.2) is 0 Å². The van der Waals surface area contributed by atoms with E-state index in [2.05, 4.69) is 29.6 Å². The van der Waals surface area contributed by atoms with Gasteiger partial charge in [0.1, 0.15) is 0 Å². The Morgan fingerprint density at radius 1 is 1.38 bits per heavy atom. The van der Waals surface area contributed by atoms with Gasteiger partial charge in [-0.2, -0.15) is 0 Å². The Hall–Kier alpha value is -0.510. The van der Waals surface area contributed by atoms with Gasteiger partial charge < -0.3 is 10.1 Å². The van der Waals surface area contributed by atoms with Crippen LogP contribution in [0.1, 0.15) is 18.4 Å². The van der Waals surface area contributed by atoms with Gasteiger partial charge in [-0.1, -0.05) is 12.1 Å². The molecule has 1 atom stereocenters. The van der Waals surface area contributed by atoms with Crippen molar-refractivity contribution in [3.63, 3.8) is 0 Å². The van der Waals surface area contributed by atoms with Crippen molar-refractivity contribution in [3.8, 4) is 0 Å². The van der Waals surface area contributed by atoms with E-state index < -0.39 is 0 Å². The lowest BCUT2D eigenvalue weighted by Crippen LogP contribution is -2.19. The van der Waals surface area contributed by atoms with Crippen LogP contribution < -0.4 is 5.32 Å². The van der Waals surface area contributed by atoms with Gasteiger partial charge in [0.2, 0.25) is 0 Å². The number of rotatable bonds is 4. The highest BCUT2D eigenvalue weighted by Crippen LogP contribution is 2.28. The van der Waals surface area contributed by atoms with Gasteiger partial charge in [0, 0.05) is 23.3 Å². The van der Waals surface area contributed by atoms with E-state index in [0.29, 0.717) is 5.25 Å². The molecule has 1 aliphatic heterocycles. The van der Waals surface area contributed by atoms with Crippen LogP contribution in [0.4, 0.5) is 0 Å². The van der Waals surface area contributed by atoms with Crippen molar-refractivity contribution in [2.24, 2.45) is 0 Å². The van der Waals surface area contributed by atoms with Gasteiger partial charge in [0.25, 0.3) is 0 Å². The van der Waals surface area contributed by atoms with Gasteiger partial charge in [-0.3, -0.25) is 0 Å². The fourth-order valence-electron chi connectivity index (χ4n) is 1.89. The predicted molar refractivity (Wildman–Crippen MR) is 68.9 cm³/mol. The first-order valence-corrected chi connectivity index (χ1v) is 6.74. The molecule has 16 heavy (non-hydrogen) atoms. The van der Waals surface area contributed by atoms with Crippen molar-refractivity contribution in [2.75, 3.05) is 20.3 Å². The van der Waals surface area contributed by atoms with E-state index in [-0.39, 0.29) is 0 Å². The molecule has 1 aliphatic rings. The van der Waals surface area contributed by atoms with Gasteiger partial charge >= 0.3 is 0 Å². The third kappa shape index (κ3) is 3.51. The molecular weight excluding hydrogens is 218 g/mol. The fraction of sp³-hybridized carbons (Fsp3) is 0.538. The molecule has 0 amide bonds. The molecule has 0 spiro atoms. The SMILES string of the molecule is CNCc1ccc(SC2CCCOC2)cc1. The monoisotopic (exact) mass is 237 g/mol. The average molecular weight is 237 g/mol. The maximum absolute atomic E-state index is 5.49. The van der Waals surface area contributed by atoms with Crippen LogP contribution in [-0.4, -0.2) is 25.5 Å². The Morgan fingerprint density at radius 2 is 2.19 bits per heavy atom. The minimum Gasteiger partial charge on any atom is -0.380 e. The number of hydrogen-bond acceptors (Lipinski definition) is 3. The Morgan fingerprint density at radius 3 is 2.81 bits per heavy atom. The summed E-state index contributed by atoms with van der Waals surface area (Å²) in [5.74, 6) is 0. The highest BCUT2D eigenvalue weighted by Gasteiger charge is 2.14. The molecule has 1 saturated heterocycles. The van der Waals surface area contributed by atoms with Crippen molar-refractivity contribution in [3.05, 3.63) is 29.8 Å². The molecule has 0 aromatic heterocycles. The van der Waals surface area contributed by atoms with E-state index in [0.717, 1.165) is 19.8 Å². The van der Waals surface area contributed by atoms with Gasteiger partial charge in [0.15, 0.2) is 0 Å². The van der Waals surface area contributed by atoms with Crippen LogP contribution in [0.15, 0.2) is 29.2 Å². The number of thioether (sulfide) groups is 1. The second kappa shape index (κ2) is 6.28. The summed E-state index contributed by atoms with van der Waals surface area (Å²) in [6.45, 7) is 2.79. The molecule has 0 aliphatic carbocycles. The molecule has 1 fully saturated rings. The molecule has 1 N–H and O–H groups in total. The zero-order valence-corrected chi connectivity index (χ0v) is 10.6. The van der Waals surface area contributed by atoms with Crippen LogP contribution in [-0.2, 0) is 11.3 Å². The Kier molecular flexibility index (Phi) is 4.69. The maximum Gasteiger partial charge on any atom is 0.0588 e. The number of benzene rings is 1. The summed E-state index contributed by atoms with van der Waals surface area (Å²) in [4.78, 5) is 1.36. The Labute approximate surface area is 102 Å².